The van der Waals surface area contributed by atoms with E-state index in [0.717, 1.165) is 13.1 Å². The van der Waals surface area contributed by atoms with Crippen LogP contribution < -0.4 is 0 Å². The highest BCUT2D eigenvalue weighted by Crippen LogP contribution is 2.41. The van der Waals surface area contributed by atoms with E-state index in [1.165, 1.54) is 29.5 Å². The van der Waals surface area contributed by atoms with Crippen molar-refractivity contribution in [2.24, 2.45) is 0 Å². The summed E-state index contributed by atoms with van der Waals surface area (Å²) in [4.78, 5) is 6.53. The number of benzene rings is 1. The van der Waals surface area contributed by atoms with E-state index >= 15 is 0 Å². The lowest BCUT2D eigenvalue weighted by Gasteiger charge is -2.49. The van der Waals surface area contributed by atoms with E-state index in [2.05, 4.69) is 41.9 Å². The maximum Gasteiger partial charge on any atom is 0.244 e. The zero-order valence-corrected chi connectivity index (χ0v) is 16.5. The molecule has 0 radical (unpaired) electrons. The average molecular weight is 392 g/mol. The summed E-state index contributed by atoms with van der Waals surface area (Å²) in [6.45, 7) is 7.11. The smallest absolute Gasteiger partial charge is 0.244 e. The molecule has 138 valence electrons. The Morgan fingerprint density at radius 1 is 1.15 bits per heavy atom. The van der Waals surface area contributed by atoms with Gasteiger partial charge >= 0.3 is 0 Å². The van der Waals surface area contributed by atoms with Crippen LogP contribution in [0.15, 0.2) is 47.5 Å². The second-order valence-corrected chi connectivity index (χ2v) is 9.96. The number of aromatic nitrogens is 1. The number of piperazine rings is 1. The maximum atomic E-state index is 13.0. The summed E-state index contributed by atoms with van der Waals surface area (Å²) in [5.41, 5.74) is 2.61. The van der Waals surface area contributed by atoms with Gasteiger partial charge in [-0.05, 0) is 23.3 Å². The molecule has 0 bridgehead atoms. The molecule has 1 saturated heterocycles. The topological polar surface area (TPSA) is 53.5 Å². The minimum atomic E-state index is -3.58. The lowest BCUT2D eigenvalue weighted by Crippen LogP contribution is -2.55. The molecule has 0 aliphatic carbocycles. The Balaban J connectivity index is 1.68. The summed E-state index contributed by atoms with van der Waals surface area (Å²) in [6.07, 6.45) is 1.34. The number of hydrogen-bond acceptors (Lipinski definition) is 4. The molecular weight excluding hydrogens is 370 g/mol. The SMILES string of the molecule is CC1(C)CN2CCN(S(=O)(=O)c3ccc(Cl)nc3)CC2c2ccccc21. The second-order valence-electron chi connectivity index (χ2n) is 7.64. The van der Waals surface area contributed by atoms with E-state index in [9.17, 15) is 8.42 Å². The number of rotatable bonds is 2. The zero-order valence-electron chi connectivity index (χ0n) is 14.9. The maximum absolute atomic E-state index is 13.0. The van der Waals surface area contributed by atoms with E-state index in [-0.39, 0.29) is 21.5 Å². The second kappa shape index (κ2) is 6.30. The fraction of sp³-hybridized carbons (Fsp3) is 0.421. The van der Waals surface area contributed by atoms with Crippen LogP contribution in [0.5, 0.6) is 0 Å². The predicted molar refractivity (Wildman–Crippen MR) is 102 cm³/mol. The molecule has 2 aromatic rings. The Morgan fingerprint density at radius 3 is 2.65 bits per heavy atom. The van der Waals surface area contributed by atoms with Crippen molar-refractivity contribution in [2.45, 2.75) is 30.2 Å². The van der Waals surface area contributed by atoms with Crippen molar-refractivity contribution < 1.29 is 8.42 Å². The monoisotopic (exact) mass is 391 g/mol. The van der Waals surface area contributed by atoms with Gasteiger partial charge in [-0.3, -0.25) is 4.90 Å². The van der Waals surface area contributed by atoms with Gasteiger partial charge in [-0.15, -0.1) is 0 Å². The van der Waals surface area contributed by atoms with Crippen LogP contribution in [0, 0.1) is 0 Å². The summed E-state index contributed by atoms with van der Waals surface area (Å²) >= 11 is 5.80. The Hall–Kier alpha value is -1.47. The number of hydrogen-bond donors (Lipinski definition) is 0. The summed E-state index contributed by atoms with van der Waals surface area (Å²) in [5, 5.41) is 0.289. The minimum absolute atomic E-state index is 0.0637. The molecule has 26 heavy (non-hydrogen) atoms. The molecule has 1 aromatic heterocycles. The molecule has 1 aromatic carbocycles. The first-order chi connectivity index (χ1) is 12.3. The molecule has 7 heteroatoms. The van der Waals surface area contributed by atoms with Gasteiger partial charge in [0.1, 0.15) is 10.0 Å². The molecule has 3 heterocycles. The third-order valence-corrected chi connectivity index (χ3v) is 7.51. The van der Waals surface area contributed by atoms with Crippen LogP contribution in [0.3, 0.4) is 0 Å². The first kappa shape index (κ1) is 17.9. The van der Waals surface area contributed by atoms with Crippen molar-refractivity contribution in [1.82, 2.24) is 14.2 Å². The average Bonchev–Trinajstić information content (AvgIpc) is 2.61. The highest BCUT2D eigenvalue weighted by Gasteiger charge is 2.42. The number of pyridine rings is 1. The first-order valence-electron chi connectivity index (χ1n) is 8.74. The molecule has 0 amide bonds. The Kier molecular flexibility index (Phi) is 4.34. The Bertz CT molecular complexity index is 928. The predicted octanol–water partition coefficient (Wildman–Crippen LogP) is 3.07. The zero-order chi connectivity index (χ0) is 18.5. The van der Waals surface area contributed by atoms with Crippen molar-refractivity contribution in [2.75, 3.05) is 26.2 Å². The van der Waals surface area contributed by atoms with E-state index in [4.69, 9.17) is 11.6 Å². The molecule has 1 fully saturated rings. The molecule has 4 rings (SSSR count). The van der Waals surface area contributed by atoms with Crippen LogP contribution in [0.25, 0.3) is 0 Å². The third kappa shape index (κ3) is 2.95. The van der Waals surface area contributed by atoms with E-state index < -0.39 is 10.0 Å². The largest absolute Gasteiger partial charge is 0.293 e. The summed E-state index contributed by atoms with van der Waals surface area (Å²) in [6, 6.07) is 11.5. The van der Waals surface area contributed by atoms with Crippen LogP contribution in [-0.2, 0) is 15.4 Å². The van der Waals surface area contributed by atoms with Crippen molar-refractivity contribution in [3.8, 4) is 0 Å². The van der Waals surface area contributed by atoms with Gasteiger partial charge in [0, 0.05) is 43.8 Å². The summed E-state index contributed by atoms with van der Waals surface area (Å²) in [7, 11) is -3.58. The standard InChI is InChI=1S/C19H22ClN3O2S/c1-19(2)13-22-9-10-23(12-17(22)15-5-3-4-6-16(15)19)26(24,25)14-7-8-18(20)21-11-14/h3-8,11,17H,9-10,12-13H2,1-2H3. The van der Waals surface area contributed by atoms with Gasteiger partial charge in [0.25, 0.3) is 0 Å². The van der Waals surface area contributed by atoms with E-state index in [1.807, 2.05) is 6.07 Å². The lowest BCUT2D eigenvalue weighted by atomic mass is 9.75. The number of fused-ring (bicyclic) bond motifs is 3. The van der Waals surface area contributed by atoms with Gasteiger partial charge in [0.15, 0.2) is 0 Å². The van der Waals surface area contributed by atoms with Gasteiger partial charge in [-0.25, -0.2) is 13.4 Å². The summed E-state index contributed by atoms with van der Waals surface area (Å²) in [5.74, 6) is 0. The normalized spacial score (nSPS) is 23.3. The van der Waals surface area contributed by atoms with Crippen LogP contribution in [0.1, 0.15) is 31.0 Å². The molecule has 0 N–H and O–H groups in total. The Morgan fingerprint density at radius 2 is 1.92 bits per heavy atom. The lowest BCUT2D eigenvalue weighted by molar-refractivity contribution is 0.0807. The fourth-order valence-electron chi connectivity index (χ4n) is 4.16. The fourth-order valence-corrected chi connectivity index (χ4v) is 5.65. The molecule has 1 unspecified atom stereocenters. The van der Waals surface area contributed by atoms with Crippen molar-refractivity contribution in [1.29, 1.82) is 0 Å². The van der Waals surface area contributed by atoms with E-state index in [0.29, 0.717) is 13.1 Å². The molecule has 2 aliphatic heterocycles. The molecule has 1 atom stereocenters. The van der Waals surface area contributed by atoms with Crippen LogP contribution in [0.4, 0.5) is 0 Å². The minimum Gasteiger partial charge on any atom is -0.293 e. The van der Waals surface area contributed by atoms with Crippen LogP contribution in [-0.4, -0.2) is 48.8 Å². The molecule has 0 saturated carbocycles. The van der Waals surface area contributed by atoms with Crippen molar-refractivity contribution in [3.05, 3.63) is 58.9 Å². The number of halogens is 1. The van der Waals surface area contributed by atoms with E-state index in [1.54, 1.807) is 4.31 Å². The van der Waals surface area contributed by atoms with Gasteiger partial charge in [0.05, 0.1) is 0 Å². The third-order valence-electron chi connectivity index (χ3n) is 5.44. The van der Waals surface area contributed by atoms with Gasteiger partial charge in [-0.2, -0.15) is 4.31 Å². The Labute approximate surface area is 159 Å². The number of sulfonamides is 1. The highest BCUT2D eigenvalue weighted by molar-refractivity contribution is 7.89. The number of nitrogens with zero attached hydrogens (tertiary/aromatic N) is 3. The molecule has 5 nitrogen and oxygen atoms in total. The highest BCUT2D eigenvalue weighted by atomic mass is 35.5. The van der Waals surface area contributed by atoms with Gasteiger partial charge < -0.3 is 0 Å². The van der Waals surface area contributed by atoms with Gasteiger partial charge in [-0.1, -0.05) is 49.7 Å². The van der Waals surface area contributed by atoms with Crippen molar-refractivity contribution >= 4 is 21.6 Å². The summed E-state index contributed by atoms with van der Waals surface area (Å²) < 4.78 is 27.7. The van der Waals surface area contributed by atoms with Crippen molar-refractivity contribution in [3.63, 3.8) is 0 Å². The molecule has 0 spiro atoms. The van der Waals surface area contributed by atoms with Crippen LogP contribution >= 0.6 is 11.6 Å². The quantitative estimate of drug-likeness (QED) is 0.738. The van der Waals surface area contributed by atoms with Crippen LogP contribution in [0.2, 0.25) is 5.15 Å². The van der Waals surface area contributed by atoms with Gasteiger partial charge in [0.2, 0.25) is 10.0 Å². The molecular formula is C19H22ClN3O2S. The molecule has 2 aliphatic rings. The first-order valence-corrected chi connectivity index (χ1v) is 10.6.